The van der Waals surface area contributed by atoms with E-state index in [-0.39, 0.29) is 5.82 Å². The van der Waals surface area contributed by atoms with Gasteiger partial charge in [-0.1, -0.05) is 22.3 Å². The Bertz CT molecular complexity index is 237. The molecule has 0 aliphatic carbocycles. The smallest absolute Gasteiger partial charge is 0.123 e. The van der Waals surface area contributed by atoms with Gasteiger partial charge in [0.05, 0.1) is 0 Å². The first-order valence-corrected chi connectivity index (χ1v) is 3.97. The molecule has 0 atom stereocenters. The second-order valence-electron chi connectivity index (χ2n) is 2.09. The van der Waals surface area contributed by atoms with Crippen molar-refractivity contribution in [3.63, 3.8) is 0 Å². The lowest BCUT2D eigenvalue weighted by atomic mass is 9.97. The quantitative estimate of drug-likeness (QED) is 0.606. The number of hydrogen-bond acceptors (Lipinski definition) is 0. The van der Waals surface area contributed by atoms with Crippen molar-refractivity contribution in [2.75, 3.05) is 0 Å². The molecule has 0 saturated carbocycles. The summed E-state index contributed by atoms with van der Waals surface area (Å²) < 4.78 is 13.5. The average molecular weight is 201 g/mol. The maximum atomic E-state index is 12.5. The van der Waals surface area contributed by atoms with E-state index in [2.05, 4.69) is 15.9 Å². The summed E-state index contributed by atoms with van der Waals surface area (Å²) in [5.74, 6) is -0.167. The summed E-state index contributed by atoms with van der Waals surface area (Å²) in [6.45, 7) is 0. The number of halogens is 2. The molecule has 52 valence electrons. The molecule has 0 fully saturated rings. The van der Waals surface area contributed by atoms with Crippen molar-refractivity contribution < 1.29 is 4.39 Å². The Balaban J connectivity index is 3.09. The lowest BCUT2D eigenvalue weighted by Gasteiger charge is -1.98. The van der Waals surface area contributed by atoms with Crippen molar-refractivity contribution in [1.29, 1.82) is 0 Å². The topological polar surface area (TPSA) is 0 Å². The summed E-state index contributed by atoms with van der Waals surface area (Å²) in [7, 11) is 2.00. The molecule has 0 radical (unpaired) electrons. The molecule has 0 amide bonds. The second-order valence-corrected chi connectivity index (χ2v) is 2.94. The van der Waals surface area contributed by atoms with Crippen LogP contribution in [0, 0.1) is 5.82 Å². The fraction of sp³-hybridized carbons (Fsp3) is 0.143. The lowest BCUT2D eigenvalue weighted by molar-refractivity contribution is 0.626. The fourth-order valence-electron chi connectivity index (χ4n) is 0.814. The molecule has 1 aromatic rings. The average Bonchev–Trinajstić information content (AvgIpc) is 1.94. The molecule has 10 heavy (non-hydrogen) atoms. The normalized spacial score (nSPS) is 9.80. The van der Waals surface area contributed by atoms with Gasteiger partial charge in [-0.25, -0.2) is 4.39 Å². The van der Waals surface area contributed by atoms with Crippen LogP contribution in [-0.4, -0.2) is 7.85 Å². The van der Waals surface area contributed by atoms with Crippen molar-refractivity contribution in [1.82, 2.24) is 0 Å². The summed E-state index contributed by atoms with van der Waals surface area (Å²) >= 11 is 3.32. The molecule has 0 N–H and O–H groups in total. The molecule has 0 saturated heterocycles. The SMILES string of the molecule is BCc1cc(F)ccc1Br. The summed E-state index contributed by atoms with van der Waals surface area (Å²) in [6, 6.07) is 4.72. The Morgan fingerprint density at radius 1 is 1.50 bits per heavy atom. The highest BCUT2D eigenvalue weighted by atomic mass is 79.9. The third-order valence-corrected chi connectivity index (χ3v) is 2.16. The van der Waals surface area contributed by atoms with Crippen molar-refractivity contribution in [3.05, 3.63) is 34.1 Å². The van der Waals surface area contributed by atoms with Crippen LogP contribution in [0.2, 0.25) is 0 Å². The molecular weight excluding hydrogens is 194 g/mol. The van der Waals surface area contributed by atoms with Crippen molar-refractivity contribution in [2.24, 2.45) is 0 Å². The fourth-order valence-corrected chi connectivity index (χ4v) is 1.34. The van der Waals surface area contributed by atoms with Crippen LogP contribution in [0.1, 0.15) is 5.56 Å². The predicted octanol–water partition coefficient (Wildman–Crippen LogP) is 1.72. The molecule has 0 aromatic heterocycles. The van der Waals surface area contributed by atoms with Gasteiger partial charge in [0.25, 0.3) is 0 Å². The van der Waals surface area contributed by atoms with Gasteiger partial charge >= 0.3 is 0 Å². The third kappa shape index (κ3) is 1.60. The molecule has 3 heteroatoms. The Kier molecular flexibility index (Phi) is 2.49. The van der Waals surface area contributed by atoms with Gasteiger partial charge in [0.2, 0.25) is 0 Å². The minimum Gasteiger partial charge on any atom is -0.207 e. The number of benzene rings is 1. The lowest BCUT2D eigenvalue weighted by Crippen LogP contribution is -1.86. The van der Waals surface area contributed by atoms with Gasteiger partial charge in [0.15, 0.2) is 0 Å². The first-order valence-electron chi connectivity index (χ1n) is 3.18. The van der Waals surface area contributed by atoms with Crippen molar-refractivity contribution in [2.45, 2.75) is 6.32 Å². The zero-order valence-electron chi connectivity index (χ0n) is 5.70. The maximum absolute atomic E-state index is 12.5. The van der Waals surface area contributed by atoms with Crippen LogP contribution in [0.3, 0.4) is 0 Å². The molecule has 0 aliphatic heterocycles. The van der Waals surface area contributed by atoms with E-state index in [0.29, 0.717) is 0 Å². The molecule has 0 bridgehead atoms. The molecule has 0 unspecified atom stereocenters. The van der Waals surface area contributed by atoms with Crippen LogP contribution in [0.4, 0.5) is 4.39 Å². The van der Waals surface area contributed by atoms with Crippen LogP contribution in [0.5, 0.6) is 0 Å². The van der Waals surface area contributed by atoms with Gasteiger partial charge in [-0.15, -0.1) is 0 Å². The van der Waals surface area contributed by atoms with E-state index in [4.69, 9.17) is 0 Å². The van der Waals surface area contributed by atoms with Crippen molar-refractivity contribution >= 4 is 23.8 Å². The third-order valence-electron chi connectivity index (χ3n) is 1.39. The van der Waals surface area contributed by atoms with Gasteiger partial charge in [0.1, 0.15) is 13.7 Å². The second kappa shape index (κ2) is 3.19. The number of rotatable bonds is 1. The van der Waals surface area contributed by atoms with Gasteiger partial charge in [-0.05, 0) is 23.8 Å². The molecule has 0 spiro atoms. The molecule has 0 heterocycles. The summed E-state index contributed by atoms with van der Waals surface area (Å²) in [5, 5.41) is 0. The summed E-state index contributed by atoms with van der Waals surface area (Å²) in [5.41, 5.74) is 1.01. The zero-order valence-corrected chi connectivity index (χ0v) is 7.28. The Hall–Kier alpha value is -0.305. The van der Waals surface area contributed by atoms with Crippen LogP contribution in [-0.2, 0) is 6.32 Å². The monoisotopic (exact) mass is 200 g/mol. The van der Waals surface area contributed by atoms with Gasteiger partial charge in [-0.3, -0.25) is 0 Å². The predicted molar refractivity (Wildman–Crippen MR) is 46.3 cm³/mol. The molecular formula is C7H7BBrF. The van der Waals surface area contributed by atoms with Gasteiger partial charge in [-0.2, -0.15) is 0 Å². The minimum atomic E-state index is -0.167. The largest absolute Gasteiger partial charge is 0.207 e. The summed E-state index contributed by atoms with van der Waals surface area (Å²) in [6.07, 6.45) is 0.859. The van der Waals surface area contributed by atoms with E-state index in [9.17, 15) is 4.39 Å². The highest BCUT2D eigenvalue weighted by Gasteiger charge is 1.97. The molecule has 1 rings (SSSR count). The van der Waals surface area contributed by atoms with E-state index < -0.39 is 0 Å². The molecule has 1 aromatic carbocycles. The standard InChI is InChI=1S/C7H7BBrF/c8-4-5-3-6(10)1-2-7(5)9/h1-3H,4,8H2. The van der Waals surface area contributed by atoms with E-state index >= 15 is 0 Å². The van der Waals surface area contributed by atoms with Crippen LogP contribution >= 0.6 is 15.9 Å². The van der Waals surface area contributed by atoms with Crippen LogP contribution < -0.4 is 0 Å². The Morgan fingerprint density at radius 3 is 2.70 bits per heavy atom. The first kappa shape index (κ1) is 7.80. The molecule has 0 nitrogen and oxygen atoms in total. The van der Waals surface area contributed by atoms with Gasteiger partial charge < -0.3 is 0 Å². The minimum absolute atomic E-state index is 0.167. The van der Waals surface area contributed by atoms with E-state index in [1.54, 1.807) is 12.1 Å². The van der Waals surface area contributed by atoms with Crippen molar-refractivity contribution in [3.8, 4) is 0 Å². The Morgan fingerprint density at radius 2 is 2.20 bits per heavy atom. The number of hydrogen-bond donors (Lipinski definition) is 0. The van der Waals surface area contributed by atoms with Crippen LogP contribution in [0.15, 0.2) is 22.7 Å². The zero-order chi connectivity index (χ0) is 7.56. The van der Waals surface area contributed by atoms with Crippen LogP contribution in [0.25, 0.3) is 0 Å². The van der Waals surface area contributed by atoms with E-state index in [1.165, 1.54) is 6.07 Å². The summed E-state index contributed by atoms with van der Waals surface area (Å²) in [4.78, 5) is 0. The van der Waals surface area contributed by atoms with Gasteiger partial charge in [0, 0.05) is 4.47 Å². The highest BCUT2D eigenvalue weighted by molar-refractivity contribution is 9.10. The maximum Gasteiger partial charge on any atom is 0.123 e. The van der Waals surface area contributed by atoms with E-state index in [1.807, 2.05) is 7.85 Å². The van der Waals surface area contributed by atoms with E-state index in [0.717, 1.165) is 16.4 Å². The highest BCUT2D eigenvalue weighted by Crippen LogP contribution is 2.16. The molecule has 0 aliphatic rings. The first-order chi connectivity index (χ1) is 4.74. The Labute approximate surface area is 69.0 Å².